The number of nitrogens with zero attached hydrogens (tertiary/aromatic N) is 3. The molecule has 10 aromatic rings. The molecule has 0 spiro atoms. The Labute approximate surface area is 321 Å². The maximum absolute atomic E-state index is 2.38. The summed E-state index contributed by atoms with van der Waals surface area (Å²) in [7, 11) is 0. The van der Waals surface area contributed by atoms with E-state index in [0.29, 0.717) is 0 Å². The van der Waals surface area contributed by atoms with Gasteiger partial charge >= 0.3 is 0 Å². The molecule has 0 atom stereocenters. The lowest BCUT2D eigenvalue weighted by molar-refractivity contribution is 1.18. The summed E-state index contributed by atoms with van der Waals surface area (Å²) in [6, 6.07) is 80.4. The highest BCUT2D eigenvalue weighted by molar-refractivity contribution is 6.10. The van der Waals surface area contributed by atoms with E-state index in [9.17, 15) is 0 Å². The Morgan fingerprint density at radius 2 is 0.764 bits per heavy atom. The second-order valence-electron chi connectivity index (χ2n) is 13.8. The maximum atomic E-state index is 2.38. The number of para-hydroxylation sites is 5. The number of fused-ring (bicyclic) bond motifs is 4. The van der Waals surface area contributed by atoms with E-state index in [1.54, 1.807) is 0 Å². The quantitative estimate of drug-likeness (QED) is 0.156. The van der Waals surface area contributed by atoms with Crippen LogP contribution >= 0.6 is 0 Å². The van der Waals surface area contributed by atoms with E-state index in [0.717, 1.165) is 39.8 Å². The van der Waals surface area contributed by atoms with Gasteiger partial charge in [-0.15, -0.1) is 0 Å². The molecule has 0 saturated heterocycles. The SMILES string of the molecule is c1ccc(N(c2ccc(-c3ccc(N(c4ccccc4)c4ccccc4)c4ccccc34)cc2)c2ccc3c4ccccc4n(-c4ccccc4)c3c2)cc1. The Bertz CT molecular complexity index is 2860. The summed E-state index contributed by atoms with van der Waals surface area (Å²) in [5, 5.41) is 4.89. The summed E-state index contributed by atoms with van der Waals surface area (Å²) in [5.74, 6) is 0. The minimum Gasteiger partial charge on any atom is -0.310 e. The minimum absolute atomic E-state index is 1.09. The van der Waals surface area contributed by atoms with Gasteiger partial charge in [0.15, 0.2) is 0 Å². The van der Waals surface area contributed by atoms with Gasteiger partial charge in [-0.2, -0.15) is 0 Å². The first-order chi connectivity index (χ1) is 27.3. The highest BCUT2D eigenvalue weighted by atomic mass is 15.1. The van der Waals surface area contributed by atoms with Crippen LogP contribution in [0, 0.1) is 0 Å². The molecule has 0 amide bonds. The third-order valence-corrected chi connectivity index (χ3v) is 10.6. The summed E-state index contributed by atoms with van der Waals surface area (Å²) >= 11 is 0. The van der Waals surface area contributed by atoms with Gasteiger partial charge in [-0.3, -0.25) is 0 Å². The molecule has 0 unspecified atom stereocenters. The monoisotopic (exact) mass is 703 g/mol. The molecule has 0 bridgehead atoms. The summed E-state index contributed by atoms with van der Waals surface area (Å²) < 4.78 is 2.38. The van der Waals surface area contributed by atoms with Crippen molar-refractivity contribution < 1.29 is 0 Å². The van der Waals surface area contributed by atoms with Crippen LogP contribution in [0.2, 0.25) is 0 Å². The molecule has 9 aromatic carbocycles. The number of anilines is 6. The van der Waals surface area contributed by atoms with Crippen molar-refractivity contribution in [3.63, 3.8) is 0 Å². The zero-order valence-electron chi connectivity index (χ0n) is 30.2. The average molecular weight is 704 g/mol. The van der Waals surface area contributed by atoms with Gasteiger partial charge in [-0.05, 0) is 101 Å². The molecule has 0 fully saturated rings. The van der Waals surface area contributed by atoms with Crippen molar-refractivity contribution in [3.8, 4) is 16.8 Å². The molecule has 55 heavy (non-hydrogen) atoms. The molecule has 1 heterocycles. The summed E-state index contributed by atoms with van der Waals surface area (Å²) in [6.45, 7) is 0. The van der Waals surface area contributed by atoms with Gasteiger partial charge in [0.2, 0.25) is 0 Å². The van der Waals surface area contributed by atoms with Crippen LogP contribution in [0.5, 0.6) is 0 Å². The fraction of sp³-hybridized carbons (Fsp3) is 0. The smallest absolute Gasteiger partial charge is 0.0561 e. The van der Waals surface area contributed by atoms with Crippen molar-refractivity contribution in [2.24, 2.45) is 0 Å². The molecule has 10 rings (SSSR count). The predicted molar refractivity (Wildman–Crippen MR) is 233 cm³/mol. The Kier molecular flexibility index (Phi) is 8.16. The largest absolute Gasteiger partial charge is 0.310 e. The third-order valence-electron chi connectivity index (χ3n) is 10.6. The molecule has 0 aliphatic rings. The number of hydrogen-bond donors (Lipinski definition) is 0. The van der Waals surface area contributed by atoms with Gasteiger partial charge in [-0.25, -0.2) is 0 Å². The third kappa shape index (κ3) is 5.80. The Balaban J connectivity index is 1.09. The minimum atomic E-state index is 1.09. The van der Waals surface area contributed by atoms with Gasteiger partial charge in [0.1, 0.15) is 0 Å². The number of benzene rings is 9. The first kappa shape index (κ1) is 32.3. The van der Waals surface area contributed by atoms with Crippen LogP contribution in [-0.4, -0.2) is 4.57 Å². The zero-order chi connectivity index (χ0) is 36.6. The molecule has 0 radical (unpaired) electrons. The summed E-state index contributed by atoms with van der Waals surface area (Å²) in [6.07, 6.45) is 0. The van der Waals surface area contributed by atoms with E-state index < -0.39 is 0 Å². The van der Waals surface area contributed by atoms with Crippen molar-refractivity contribution in [3.05, 3.63) is 224 Å². The Hall–Kier alpha value is -7.36. The number of rotatable bonds is 8. The van der Waals surface area contributed by atoms with Crippen molar-refractivity contribution in [2.45, 2.75) is 0 Å². The molecular formula is C52H37N3. The van der Waals surface area contributed by atoms with Gasteiger partial charge in [0, 0.05) is 50.3 Å². The second-order valence-corrected chi connectivity index (χ2v) is 13.8. The summed E-state index contributed by atoms with van der Waals surface area (Å²) in [5.41, 5.74) is 12.6. The molecule has 3 heteroatoms. The lowest BCUT2D eigenvalue weighted by Crippen LogP contribution is -2.10. The first-order valence-electron chi connectivity index (χ1n) is 18.8. The van der Waals surface area contributed by atoms with E-state index in [2.05, 4.69) is 239 Å². The molecular weight excluding hydrogens is 667 g/mol. The number of aromatic nitrogens is 1. The van der Waals surface area contributed by atoms with E-state index in [1.165, 1.54) is 43.7 Å². The molecule has 1 aromatic heterocycles. The first-order valence-corrected chi connectivity index (χ1v) is 18.8. The van der Waals surface area contributed by atoms with Crippen molar-refractivity contribution in [1.29, 1.82) is 0 Å². The molecule has 0 aliphatic heterocycles. The van der Waals surface area contributed by atoms with E-state index >= 15 is 0 Å². The predicted octanol–water partition coefficient (Wildman–Crippen LogP) is 14.5. The second kappa shape index (κ2) is 13.9. The molecule has 260 valence electrons. The normalized spacial score (nSPS) is 11.3. The fourth-order valence-electron chi connectivity index (χ4n) is 8.08. The van der Waals surface area contributed by atoms with Gasteiger partial charge < -0.3 is 14.4 Å². The van der Waals surface area contributed by atoms with Crippen LogP contribution in [0.4, 0.5) is 34.1 Å². The molecule has 3 nitrogen and oxygen atoms in total. The van der Waals surface area contributed by atoms with Crippen molar-refractivity contribution in [2.75, 3.05) is 9.80 Å². The standard InChI is InChI=1S/C52H37N3/c1-5-17-39(18-6-1)53(44-33-34-49-48-27-15-16-28-50(48)55(52(49)37-44)42-23-11-4-12-24-42)43-31-29-38(30-32-43)45-35-36-51(47-26-14-13-25-46(45)47)54(40-19-7-2-8-20-40)41-21-9-3-10-22-41/h1-37H. The fourth-order valence-corrected chi connectivity index (χ4v) is 8.08. The highest BCUT2D eigenvalue weighted by Gasteiger charge is 2.19. The van der Waals surface area contributed by atoms with Crippen LogP contribution in [0.25, 0.3) is 49.4 Å². The average Bonchev–Trinajstić information content (AvgIpc) is 3.59. The van der Waals surface area contributed by atoms with Crippen molar-refractivity contribution >= 4 is 66.7 Å². The zero-order valence-corrected chi connectivity index (χ0v) is 30.2. The lowest BCUT2D eigenvalue weighted by Gasteiger charge is -2.27. The molecule has 0 aliphatic carbocycles. The maximum Gasteiger partial charge on any atom is 0.0561 e. The highest BCUT2D eigenvalue weighted by Crippen LogP contribution is 2.43. The topological polar surface area (TPSA) is 11.4 Å². The van der Waals surface area contributed by atoms with E-state index in [-0.39, 0.29) is 0 Å². The van der Waals surface area contributed by atoms with Crippen LogP contribution in [0.1, 0.15) is 0 Å². The van der Waals surface area contributed by atoms with Gasteiger partial charge in [0.25, 0.3) is 0 Å². The van der Waals surface area contributed by atoms with Crippen molar-refractivity contribution in [1.82, 2.24) is 4.57 Å². The molecule has 0 saturated carbocycles. The Morgan fingerprint density at radius 1 is 0.291 bits per heavy atom. The summed E-state index contributed by atoms with van der Waals surface area (Å²) in [4.78, 5) is 4.70. The lowest BCUT2D eigenvalue weighted by atomic mass is 9.96. The van der Waals surface area contributed by atoms with Crippen LogP contribution < -0.4 is 9.80 Å². The van der Waals surface area contributed by atoms with Crippen LogP contribution in [-0.2, 0) is 0 Å². The number of hydrogen-bond acceptors (Lipinski definition) is 2. The molecule has 0 N–H and O–H groups in total. The van der Waals surface area contributed by atoms with Gasteiger partial charge in [-0.1, -0.05) is 140 Å². The Morgan fingerprint density at radius 3 is 1.40 bits per heavy atom. The van der Waals surface area contributed by atoms with E-state index in [1.807, 2.05) is 0 Å². The van der Waals surface area contributed by atoms with E-state index in [4.69, 9.17) is 0 Å². The van der Waals surface area contributed by atoms with Crippen LogP contribution in [0.3, 0.4) is 0 Å². The van der Waals surface area contributed by atoms with Crippen LogP contribution in [0.15, 0.2) is 224 Å². The van der Waals surface area contributed by atoms with Gasteiger partial charge in [0.05, 0.1) is 16.7 Å².